The number of nitrogens with two attached hydrogens (primary N) is 1. The van der Waals surface area contributed by atoms with Gasteiger partial charge in [0.25, 0.3) is 5.91 Å². The molecule has 1 aromatic heterocycles. The molecular formula is C20H20ClN5O2. The number of amides is 3. The average Bonchev–Trinajstić information content (AvgIpc) is 2.90. The number of rotatable bonds is 5. The second kappa shape index (κ2) is 8.14. The summed E-state index contributed by atoms with van der Waals surface area (Å²) in [4.78, 5) is 23.7. The first kappa shape index (κ1) is 19.4. The zero-order chi connectivity index (χ0) is 20.3. The Morgan fingerprint density at radius 2 is 1.71 bits per heavy atom. The van der Waals surface area contributed by atoms with Gasteiger partial charge in [0.15, 0.2) is 0 Å². The van der Waals surface area contributed by atoms with Gasteiger partial charge < -0.3 is 16.4 Å². The van der Waals surface area contributed by atoms with E-state index in [0.29, 0.717) is 29.2 Å². The van der Waals surface area contributed by atoms with Crippen LogP contribution in [0.2, 0.25) is 5.15 Å². The molecule has 3 aromatic rings. The van der Waals surface area contributed by atoms with Gasteiger partial charge in [-0.1, -0.05) is 47.5 Å². The van der Waals surface area contributed by atoms with E-state index in [-0.39, 0.29) is 11.1 Å². The van der Waals surface area contributed by atoms with Crippen molar-refractivity contribution in [2.75, 3.05) is 10.6 Å². The van der Waals surface area contributed by atoms with Crippen LogP contribution in [0.3, 0.4) is 0 Å². The van der Waals surface area contributed by atoms with Crippen LogP contribution in [-0.4, -0.2) is 21.7 Å². The van der Waals surface area contributed by atoms with Gasteiger partial charge in [-0.05, 0) is 37.6 Å². The molecule has 0 bridgehead atoms. The number of aromatic nitrogens is 2. The molecular weight excluding hydrogens is 378 g/mol. The minimum Gasteiger partial charge on any atom is -0.351 e. The van der Waals surface area contributed by atoms with E-state index in [0.717, 1.165) is 5.56 Å². The number of carbonyl (C=O) groups is 2. The summed E-state index contributed by atoms with van der Waals surface area (Å²) >= 11 is 6.44. The number of aryl methyl sites for hydroxylation is 2. The molecule has 2 aromatic carbocycles. The van der Waals surface area contributed by atoms with Crippen LogP contribution in [-0.2, 0) is 6.54 Å². The van der Waals surface area contributed by atoms with Crippen LogP contribution in [0, 0.1) is 13.8 Å². The number of hydrogen-bond donors (Lipinski definition) is 3. The molecule has 8 heteroatoms. The lowest BCUT2D eigenvalue weighted by Gasteiger charge is -2.08. The largest absolute Gasteiger partial charge is 0.351 e. The molecule has 144 valence electrons. The third-order valence-electron chi connectivity index (χ3n) is 4.13. The lowest BCUT2D eigenvalue weighted by atomic mass is 10.1. The fraction of sp³-hybridized carbons (Fsp3) is 0.150. The second-order valence-electron chi connectivity index (χ2n) is 6.42. The van der Waals surface area contributed by atoms with Crippen LogP contribution in [0.1, 0.15) is 27.2 Å². The van der Waals surface area contributed by atoms with E-state index in [1.165, 1.54) is 5.56 Å². The van der Waals surface area contributed by atoms with Crippen LogP contribution < -0.4 is 16.4 Å². The molecule has 1 heterocycles. The van der Waals surface area contributed by atoms with Crippen molar-refractivity contribution in [1.29, 1.82) is 0 Å². The normalized spacial score (nSPS) is 10.5. The molecule has 0 aliphatic carbocycles. The molecule has 0 spiro atoms. The van der Waals surface area contributed by atoms with Gasteiger partial charge in [0.1, 0.15) is 5.15 Å². The topological polar surface area (TPSA) is 102 Å². The number of primary amides is 1. The second-order valence-corrected chi connectivity index (χ2v) is 6.78. The molecule has 0 radical (unpaired) electrons. The highest BCUT2D eigenvalue weighted by molar-refractivity contribution is 6.33. The van der Waals surface area contributed by atoms with Crippen molar-refractivity contribution in [3.8, 4) is 0 Å². The highest BCUT2D eigenvalue weighted by atomic mass is 35.5. The molecule has 0 aliphatic rings. The molecule has 3 rings (SSSR count). The third-order valence-corrected chi connectivity index (χ3v) is 4.52. The van der Waals surface area contributed by atoms with Crippen LogP contribution >= 0.6 is 11.6 Å². The van der Waals surface area contributed by atoms with Crippen molar-refractivity contribution in [3.05, 3.63) is 76.1 Å². The molecule has 0 aliphatic heterocycles. The summed E-state index contributed by atoms with van der Waals surface area (Å²) in [6, 6.07) is 14.0. The van der Waals surface area contributed by atoms with Gasteiger partial charge in [-0.15, -0.1) is 0 Å². The van der Waals surface area contributed by atoms with E-state index in [2.05, 4.69) is 15.7 Å². The Balaban J connectivity index is 1.79. The molecule has 0 atom stereocenters. The molecule has 4 N–H and O–H groups in total. The fourth-order valence-electron chi connectivity index (χ4n) is 2.79. The minimum absolute atomic E-state index is 0.266. The fourth-order valence-corrected chi connectivity index (χ4v) is 3.11. The third kappa shape index (κ3) is 4.50. The molecule has 0 saturated heterocycles. The first-order valence-corrected chi connectivity index (χ1v) is 8.97. The summed E-state index contributed by atoms with van der Waals surface area (Å²) in [6.45, 7) is 4.22. The minimum atomic E-state index is -0.681. The first-order chi connectivity index (χ1) is 13.3. The lowest BCUT2D eigenvalue weighted by Crippen LogP contribution is -2.19. The summed E-state index contributed by atoms with van der Waals surface area (Å²) in [6.07, 6.45) is 0. The maximum atomic E-state index is 12.7. The Bertz CT molecular complexity index is 1030. The quantitative estimate of drug-likeness (QED) is 0.607. The van der Waals surface area contributed by atoms with Gasteiger partial charge in [-0.2, -0.15) is 5.10 Å². The Kier molecular flexibility index (Phi) is 5.65. The first-order valence-electron chi connectivity index (χ1n) is 8.60. The summed E-state index contributed by atoms with van der Waals surface area (Å²) in [7, 11) is 0. The van der Waals surface area contributed by atoms with Crippen molar-refractivity contribution in [3.63, 3.8) is 0 Å². The van der Waals surface area contributed by atoms with E-state index in [1.54, 1.807) is 35.9 Å². The number of urea groups is 1. The monoisotopic (exact) mass is 397 g/mol. The number of halogens is 1. The number of nitrogens with one attached hydrogen (secondary N) is 2. The van der Waals surface area contributed by atoms with Gasteiger partial charge >= 0.3 is 6.03 Å². The Morgan fingerprint density at radius 1 is 1.07 bits per heavy atom. The van der Waals surface area contributed by atoms with Gasteiger partial charge in [0.2, 0.25) is 0 Å². The molecule has 3 amide bonds. The van der Waals surface area contributed by atoms with E-state index in [9.17, 15) is 9.59 Å². The van der Waals surface area contributed by atoms with Crippen molar-refractivity contribution in [2.45, 2.75) is 20.4 Å². The predicted molar refractivity (Wildman–Crippen MR) is 110 cm³/mol. The van der Waals surface area contributed by atoms with E-state index >= 15 is 0 Å². The average molecular weight is 398 g/mol. The number of anilines is 2. The number of nitrogens with zero attached hydrogens (tertiary/aromatic N) is 2. The Morgan fingerprint density at radius 3 is 2.36 bits per heavy atom. The molecule has 7 nitrogen and oxygen atoms in total. The van der Waals surface area contributed by atoms with E-state index < -0.39 is 6.03 Å². The van der Waals surface area contributed by atoms with Crippen molar-refractivity contribution in [1.82, 2.24) is 9.78 Å². The zero-order valence-corrected chi connectivity index (χ0v) is 16.2. The van der Waals surface area contributed by atoms with Gasteiger partial charge in [0, 0.05) is 11.4 Å². The number of hydrogen-bond acceptors (Lipinski definition) is 3. The predicted octanol–water partition coefficient (Wildman–Crippen LogP) is 3.94. The smallest absolute Gasteiger partial charge is 0.316 e. The molecule has 28 heavy (non-hydrogen) atoms. The Hall–Kier alpha value is -3.32. The van der Waals surface area contributed by atoms with Crippen molar-refractivity contribution >= 4 is 34.9 Å². The van der Waals surface area contributed by atoms with Crippen LogP contribution in [0.25, 0.3) is 0 Å². The van der Waals surface area contributed by atoms with E-state index in [1.807, 2.05) is 31.2 Å². The highest BCUT2D eigenvalue weighted by Crippen LogP contribution is 2.23. The number of benzene rings is 2. The van der Waals surface area contributed by atoms with Gasteiger partial charge in [0.05, 0.1) is 17.8 Å². The van der Waals surface area contributed by atoms with Crippen LogP contribution in [0.15, 0.2) is 48.5 Å². The lowest BCUT2D eigenvalue weighted by molar-refractivity contribution is 0.102. The molecule has 0 fully saturated rings. The molecule has 0 saturated carbocycles. The van der Waals surface area contributed by atoms with Gasteiger partial charge in [-0.3, -0.25) is 4.79 Å². The highest BCUT2D eigenvalue weighted by Gasteiger charge is 2.20. The van der Waals surface area contributed by atoms with Crippen LogP contribution in [0.5, 0.6) is 0 Å². The SMILES string of the molecule is Cc1ccc(Cn2nc(C)c(C(=O)Nc3cccc(NC(N)=O)c3)c2Cl)cc1. The maximum absolute atomic E-state index is 12.7. The van der Waals surface area contributed by atoms with E-state index in [4.69, 9.17) is 17.3 Å². The van der Waals surface area contributed by atoms with Crippen molar-refractivity contribution in [2.24, 2.45) is 5.73 Å². The summed E-state index contributed by atoms with van der Waals surface area (Å²) in [5, 5.41) is 9.89. The molecule has 0 unspecified atom stereocenters. The maximum Gasteiger partial charge on any atom is 0.316 e. The van der Waals surface area contributed by atoms with Gasteiger partial charge in [-0.25, -0.2) is 9.48 Å². The summed E-state index contributed by atoms with van der Waals surface area (Å²) < 4.78 is 1.60. The van der Waals surface area contributed by atoms with Crippen molar-refractivity contribution < 1.29 is 9.59 Å². The zero-order valence-electron chi connectivity index (χ0n) is 15.5. The standard InChI is InChI=1S/C20H20ClN5O2/c1-12-6-8-14(9-7-12)11-26-18(21)17(13(2)25-26)19(27)23-15-4-3-5-16(10-15)24-20(22)28/h3-10H,11H2,1-2H3,(H,23,27)(H3,22,24,28). The number of carbonyl (C=O) groups excluding carboxylic acids is 2. The summed E-state index contributed by atoms with van der Waals surface area (Å²) in [5.74, 6) is -0.381. The summed E-state index contributed by atoms with van der Waals surface area (Å²) in [5.41, 5.74) is 9.13. The Labute approximate surface area is 167 Å². The van der Waals surface area contributed by atoms with Crippen LogP contribution in [0.4, 0.5) is 16.2 Å².